The van der Waals surface area contributed by atoms with Gasteiger partial charge in [-0.2, -0.15) is 0 Å². The highest BCUT2D eigenvalue weighted by molar-refractivity contribution is 7.91. The van der Waals surface area contributed by atoms with Crippen molar-refractivity contribution in [2.75, 3.05) is 59.4 Å². The second-order valence-electron chi connectivity index (χ2n) is 15.1. The number of nitrogens with zero attached hydrogens (tertiary/aromatic N) is 5. The SMILES string of the molecule is CC(C)(C(=O)Nc1ccc(-c2cc3c(N4CCS(=O)(=O)CC4)ncnc3n2COCC[Si](C)(C)C)cc1)c1cccc(N2CC[C@H](N)C2)c1. The number of hydrogen-bond acceptors (Lipinski definition) is 9. The van der Waals surface area contributed by atoms with Gasteiger partial charge in [0.25, 0.3) is 0 Å². The number of rotatable bonds is 11. The summed E-state index contributed by atoms with van der Waals surface area (Å²) in [6, 6.07) is 19.3. The predicted molar refractivity (Wildman–Crippen MR) is 201 cm³/mol. The fourth-order valence-corrected chi connectivity index (χ4v) is 8.34. The molecule has 2 aromatic carbocycles. The summed E-state index contributed by atoms with van der Waals surface area (Å²) in [6.07, 6.45) is 2.51. The molecule has 2 aromatic heterocycles. The van der Waals surface area contributed by atoms with Crippen molar-refractivity contribution in [3.63, 3.8) is 0 Å². The molecule has 4 aromatic rings. The van der Waals surface area contributed by atoms with Crippen LogP contribution in [0.3, 0.4) is 0 Å². The van der Waals surface area contributed by atoms with E-state index in [1.165, 1.54) is 0 Å². The molecule has 1 amide bonds. The Labute approximate surface area is 290 Å². The predicted octanol–water partition coefficient (Wildman–Crippen LogP) is 5.10. The minimum absolute atomic E-state index is 0.0936. The summed E-state index contributed by atoms with van der Waals surface area (Å²) in [5, 5.41) is 3.98. The van der Waals surface area contributed by atoms with Gasteiger partial charge in [-0.05, 0) is 67.8 Å². The molecule has 2 aliphatic rings. The van der Waals surface area contributed by atoms with Crippen molar-refractivity contribution >= 4 is 52.0 Å². The molecule has 1 atom stereocenters. The van der Waals surface area contributed by atoms with E-state index in [2.05, 4.69) is 62.6 Å². The Hall–Kier alpha value is -3.78. The van der Waals surface area contributed by atoms with Gasteiger partial charge in [-0.25, -0.2) is 18.4 Å². The average Bonchev–Trinajstić information content (AvgIpc) is 3.67. The van der Waals surface area contributed by atoms with Gasteiger partial charge in [0.2, 0.25) is 5.91 Å². The molecular weight excluding hydrogens is 655 g/mol. The Bertz CT molecular complexity index is 1910. The standard InChI is InChI=1S/C36H49N7O4SSi/c1-36(2,27-7-6-8-30(21-27)42-14-13-28(37)23-42)35(44)40-29-11-9-26(10-12-29)32-22-31-33(41-15-18-48(45,46)19-16-41)38-24-39-34(31)43(32)25-47-17-20-49(3,4)5/h6-12,21-22,24,28H,13-20,23,25,37H2,1-5H3,(H,40,44)/t28-/m0/s1. The van der Waals surface area contributed by atoms with Crippen molar-refractivity contribution in [3.8, 4) is 11.3 Å². The van der Waals surface area contributed by atoms with Crippen LogP contribution in [0.15, 0.2) is 60.9 Å². The van der Waals surface area contributed by atoms with Gasteiger partial charge in [-0.15, -0.1) is 0 Å². The van der Waals surface area contributed by atoms with E-state index >= 15 is 0 Å². The van der Waals surface area contributed by atoms with Crippen LogP contribution in [0, 0.1) is 0 Å². The quantitative estimate of drug-likeness (QED) is 0.162. The number of nitrogens with one attached hydrogen (secondary N) is 1. The summed E-state index contributed by atoms with van der Waals surface area (Å²) in [4.78, 5) is 27.2. The number of sulfone groups is 1. The normalized spacial score (nSPS) is 18.3. The maximum absolute atomic E-state index is 13.7. The van der Waals surface area contributed by atoms with Crippen molar-refractivity contribution in [1.82, 2.24) is 14.5 Å². The monoisotopic (exact) mass is 703 g/mol. The number of aromatic nitrogens is 3. The first-order chi connectivity index (χ1) is 23.2. The third-order valence-corrected chi connectivity index (χ3v) is 13.0. The van der Waals surface area contributed by atoms with Crippen molar-refractivity contribution in [3.05, 3.63) is 66.5 Å². The van der Waals surface area contributed by atoms with Gasteiger partial charge >= 0.3 is 0 Å². The topological polar surface area (TPSA) is 136 Å². The third kappa shape index (κ3) is 8.01. The molecule has 0 aliphatic carbocycles. The number of amides is 1. The van der Waals surface area contributed by atoms with E-state index in [1.807, 2.05) is 55.1 Å². The molecule has 13 heteroatoms. The molecule has 49 heavy (non-hydrogen) atoms. The maximum Gasteiger partial charge on any atom is 0.234 e. The zero-order valence-electron chi connectivity index (χ0n) is 29.3. The van der Waals surface area contributed by atoms with Gasteiger partial charge in [-0.3, -0.25) is 4.79 Å². The number of benzene rings is 2. The van der Waals surface area contributed by atoms with Gasteiger partial charge in [0.05, 0.1) is 28.0 Å². The number of hydrogen-bond donors (Lipinski definition) is 2. The Morgan fingerprint density at radius 2 is 1.76 bits per heavy atom. The fraction of sp³-hybridized carbons (Fsp3) is 0.472. The van der Waals surface area contributed by atoms with Gasteiger partial charge in [-0.1, -0.05) is 43.9 Å². The summed E-state index contributed by atoms with van der Waals surface area (Å²) in [5.41, 5.74) is 10.7. The van der Waals surface area contributed by atoms with Gasteiger partial charge in [0, 0.05) is 58.3 Å². The van der Waals surface area contributed by atoms with Crippen LogP contribution in [0.2, 0.25) is 25.7 Å². The lowest BCUT2D eigenvalue weighted by molar-refractivity contribution is -0.120. The average molecular weight is 704 g/mol. The highest BCUT2D eigenvalue weighted by Crippen LogP contribution is 2.34. The lowest BCUT2D eigenvalue weighted by Crippen LogP contribution is -2.40. The number of nitrogens with two attached hydrogens (primary N) is 1. The number of carbonyl (C=O) groups is 1. The van der Waals surface area contributed by atoms with E-state index in [1.54, 1.807) is 6.33 Å². The second kappa shape index (κ2) is 13.9. The lowest BCUT2D eigenvalue weighted by atomic mass is 9.83. The van der Waals surface area contributed by atoms with E-state index in [0.717, 1.165) is 64.9 Å². The first kappa shape index (κ1) is 35.1. The van der Waals surface area contributed by atoms with Crippen molar-refractivity contribution < 1.29 is 17.9 Å². The summed E-state index contributed by atoms with van der Waals surface area (Å²) < 4.78 is 32.5. The Morgan fingerprint density at radius 1 is 1.02 bits per heavy atom. The van der Waals surface area contributed by atoms with E-state index in [4.69, 9.17) is 10.5 Å². The molecule has 2 fully saturated rings. The van der Waals surface area contributed by atoms with E-state index < -0.39 is 23.3 Å². The van der Waals surface area contributed by atoms with Gasteiger partial charge in [0.1, 0.15) is 24.5 Å². The zero-order chi connectivity index (χ0) is 35.0. The molecule has 6 rings (SSSR count). The van der Waals surface area contributed by atoms with Crippen LogP contribution in [0.5, 0.6) is 0 Å². The molecule has 0 saturated carbocycles. The highest BCUT2D eigenvalue weighted by atomic mass is 32.2. The van der Waals surface area contributed by atoms with Crippen molar-refractivity contribution in [2.24, 2.45) is 5.73 Å². The Kier molecular flexibility index (Phi) is 9.91. The number of carbonyl (C=O) groups excluding carboxylic acids is 1. The molecule has 3 N–H and O–H groups in total. The molecule has 2 aliphatic heterocycles. The summed E-state index contributed by atoms with van der Waals surface area (Å²) in [6.45, 7) is 14.4. The largest absolute Gasteiger partial charge is 0.370 e. The number of anilines is 3. The Morgan fingerprint density at radius 3 is 2.43 bits per heavy atom. The second-order valence-corrected chi connectivity index (χ2v) is 23.0. The minimum Gasteiger partial charge on any atom is -0.370 e. The van der Waals surface area contributed by atoms with Crippen molar-refractivity contribution in [1.29, 1.82) is 0 Å². The molecule has 0 radical (unpaired) electrons. The van der Waals surface area contributed by atoms with Crippen LogP contribution < -0.4 is 20.9 Å². The zero-order valence-corrected chi connectivity index (χ0v) is 31.1. The molecule has 0 spiro atoms. The summed E-state index contributed by atoms with van der Waals surface area (Å²) >= 11 is 0. The number of fused-ring (bicyclic) bond motifs is 1. The van der Waals surface area contributed by atoms with Gasteiger partial charge in [0.15, 0.2) is 9.84 Å². The molecular formula is C36H49N7O4SSi. The molecule has 4 heterocycles. The first-order valence-corrected chi connectivity index (χ1v) is 22.6. The van der Waals surface area contributed by atoms with Crippen molar-refractivity contribution in [2.45, 2.75) is 64.1 Å². The van der Waals surface area contributed by atoms with Gasteiger partial charge < -0.3 is 30.2 Å². The molecule has 0 bridgehead atoms. The fourth-order valence-electron chi connectivity index (χ4n) is 6.39. The highest BCUT2D eigenvalue weighted by Gasteiger charge is 2.31. The summed E-state index contributed by atoms with van der Waals surface area (Å²) in [5.74, 6) is 0.844. The maximum atomic E-state index is 13.7. The van der Waals surface area contributed by atoms with Crippen LogP contribution in [-0.2, 0) is 31.5 Å². The molecule has 2 saturated heterocycles. The van der Waals surface area contributed by atoms with Crippen LogP contribution in [-0.4, -0.2) is 87.3 Å². The third-order valence-electron chi connectivity index (χ3n) is 9.69. The van der Waals surface area contributed by atoms with Crippen LogP contribution in [0.1, 0.15) is 25.8 Å². The first-order valence-electron chi connectivity index (χ1n) is 17.1. The Balaban J connectivity index is 1.24. The number of ether oxygens (including phenoxy) is 1. The smallest absolute Gasteiger partial charge is 0.234 e. The molecule has 11 nitrogen and oxygen atoms in total. The van der Waals surface area contributed by atoms with Crippen LogP contribution in [0.25, 0.3) is 22.3 Å². The van der Waals surface area contributed by atoms with Crippen LogP contribution >= 0.6 is 0 Å². The van der Waals surface area contributed by atoms with E-state index in [0.29, 0.717) is 32.1 Å². The summed E-state index contributed by atoms with van der Waals surface area (Å²) in [7, 11) is -4.32. The molecule has 262 valence electrons. The van der Waals surface area contributed by atoms with E-state index in [9.17, 15) is 13.2 Å². The minimum atomic E-state index is -3.04. The van der Waals surface area contributed by atoms with E-state index in [-0.39, 0.29) is 23.5 Å². The lowest BCUT2D eigenvalue weighted by Gasteiger charge is -2.28. The van der Waals surface area contributed by atoms with Crippen LogP contribution in [0.4, 0.5) is 17.2 Å². The molecule has 0 unspecified atom stereocenters.